The number of fused-ring (bicyclic) bond motifs is 4. The Balaban J connectivity index is 1.45. The molecule has 1 aromatic rings. The molecule has 0 aromatic heterocycles. The van der Waals surface area contributed by atoms with Crippen LogP contribution in [0.15, 0.2) is 47.1 Å². The topological polar surface area (TPSA) is 40.5 Å². The molecule has 5 atom stereocenters. The van der Waals surface area contributed by atoms with Crippen LogP contribution in [0.25, 0.3) is 0 Å². The average Bonchev–Trinajstić information content (AvgIpc) is 3.49. The molecule has 37 heavy (non-hydrogen) atoms. The van der Waals surface area contributed by atoms with Gasteiger partial charge < -0.3 is 10.0 Å². The Morgan fingerprint density at radius 3 is 2.46 bits per heavy atom. The first-order valence-electron chi connectivity index (χ1n) is 14.7. The highest BCUT2D eigenvalue weighted by Gasteiger charge is 2.62. The predicted octanol–water partition coefficient (Wildman–Crippen LogP) is 6.97. The van der Waals surface area contributed by atoms with Crippen LogP contribution in [-0.4, -0.2) is 29.6 Å². The Labute approximate surface area is 223 Å². The van der Waals surface area contributed by atoms with Crippen molar-refractivity contribution in [3.8, 4) is 11.8 Å². The Kier molecular flexibility index (Phi) is 6.00. The van der Waals surface area contributed by atoms with Gasteiger partial charge in [-0.3, -0.25) is 4.79 Å². The lowest BCUT2D eigenvalue weighted by atomic mass is 9.51. The molecule has 1 aliphatic heterocycles. The molecule has 4 aliphatic carbocycles. The Hall–Kier alpha value is -2.31. The van der Waals surface area contributed by atoms with Crippen LogP contribution in [0.1, 0.15) is 97.0 Å². The largest absolute Gasteiger partial charge is 0.377 e. The Bertz CT molecular complexity index is 1210. The van der Waals surface area contributed by atoms with Crippen molar-refractivity contribution in [2.75, 3.05) is 18.0 Å². The summed E-state index contributed by atoms with van der Waals surface area (Å²) in [5.74, 6) is 8.32. The van der Waals surface area contributed by atoms with Gasteiger partial charge in [-0.2, -0.15) is 0 Å². The standard InChI is InChI=1S/C34H43NO2/c1-32(2,3)17-18-34(37)16-15-30-28-13-9-24-21-26(36)12-14-27(24)31(28)29(22-33(30,34)4)23-7-10-25(11-8-23)35-19-5-6-20-35/h7-8,10-11,21,28-30,37H,5-6,9,12-16,19-20,22H2,1-4H3/t28-,29+,30-,33-,34+/m0/s1. The third-order valence-electron chi connectivity index (χ3n) is 10.3. The molecule has 6 rings (SSSR count). The molecular weight excluding hydrogens is 454 g/mol. The minimum atomic E-state index is -0.951. The van der Waals surface area contributed by atoms with Crippen molar-refractivity contribution >= 4 is 11.5 Å². The summed E-state index contributed by atoms with van der Waals surface area (Å²) in [5, 5.41) is 12.2. The van der Waals surface area contributed by atoms with E-state index in [1.807, 2.05) is 6.08 Å². The number of anilines is 1. The fourth-order valence-electron chi connectivity index (χ4n) is 8.35. The number of nitrogens with zero attached hydrogens (tertiary/aromatic N) is 1. The molecule has 0 spiro atoms. The molecule has 1 N–H and O–H groups in total. The summed E-state index contributed by atoms with van der Waals surface area (Å²) >= 11 is 0. The van der Waals surface area contributed by atoms with E-state index in [9.17, 15) is 9.90 Å². The van der Waals surface area contributed by atoms with Gasteiger partial charge in [0.15, 0.2) is 5.78 Å². The number of benzene rings is 1. The Morgan fingerprint density at radius 2 is 1.76 bits per heavy atom. The van der Waals surface area contributed by atoms with E-state index in [-0.39, 0.29) is 22.5 Å². The fourth-order valence-corrected chi connectivity index (χ4v) is 8.35. The molecule has 1 aromatic carbocycles. The summed E-state index contributed by atoms with van der Waals surface area (Å²) in [6.07, 6.45) is 10.8. The first-order valence-corrected chi connectivity index (χ1v) is 14.7. The van der Waals surface area contributed by atoms with Gasteiger partial charge in [0.05, 0.1) is 0 Å². The van der Waals surface area contributed by atoms with Gasteiger partial charge in [-0.15, -0.1) is 0 Å². The second-order valence-corrected chi connectivity index (χ2v) is 13.7. The monoisotopic (exact) mass is 497 g/mol. The number of hydrogen-bond acceptors (Lipinski definition) is 3. The molecule has 1 saturated heterocycles. The van der Waals surface area contributed by atoms with Gasteiger partial charge in [0.2, 0.25) is 0 Å². The van der Waals surface area contributed by atoms with Crippen LogP contribution < -0.4 is 4.90 Å². The van der Waals surface area contributed by atoms with Crippen LogP contribution in [0, 0.1) is 34.5 Å². The van der Waals surface area contributed by atoms with Crippen LogP contribution in [-0.2, 0) is 4.79 Å². The van der Waals surface area contributed by atoms with Crippen LogP contribution in [0.5, 0.6) is 0 Å². The van der Waals surface area contributed by atoms with Crippen molar-refractivity contribution in [1.82, 2.24) is 0 Å². The third-order valence-corrected chi connectivity index (χ3v) is 10.3. The van der Waals surface area contributed by atoms with E-state index in [2.05, 4.69) is 68.7 Å². The van der Waals surface area contributed by atoms with Gasteiger partial charge in [0.1, 0.15) is 5.60 Å². The molecule has 3 fully saturated rings. The molecule has 0 bridgehead atoms. The highest BCUT2D eigenvalue weighted by molar-refractivity contribution is 5.93. The third kappa shape index (κ3) is 4.21. The summed E-state index contributed by atoms with van der Waals surface area (Å²) in [7, 11) is 0. The molecule has 3 heteroatoms. The van der Waals surface area contributed by atoms with Crippen molar-refractivity contribution in [1.29, 1.82) is 0 Å². The molecule has 1 heterocycles. The summed E-state index contributed by atoms with van der Waals surface area (Å²) in [5.41, 5.74) is 5.73. The maximum absolute atomic E-state index is 12.3. The van der Waals surface area contributed by atoms with E-state index < -0.39 is 5.60 Å². The number of carbonyl (C=O) groups is 1. The van der Waals surface area contributed by atoms with Crippen molar-refractivity contribution in [3.05, 3.63) is 52.6 Å². The van der Waals surface area contributed by atoms with Crippen LogP contribution in [0.2, 0.25) is 0 Å². The first kappa shape index (κ1) is 25.0. The van der Waals surface area contributed by atoms with E-state index in [0.29, 0.717) is 18.3 Å². The van der Waals surface area contributed by atoms with Gasteiger partial charge in [0, 0.05) is 41.9 Å². The zero-order chi connectivity index (χ0) is 26.0. The normalized spacial score (nSPS) is 35.4. The smallest absolute Gasteiger partial charge is 0.156 e. The summed E-state index contributed by atoms with van der Waals surface area (Å²) in [4.78, 5) is 14.8. The predicted molar refractivity (Wildman–Crippen MR) is 150 cm³/mol. The van der Waals surface area contributed by atoms with Crippen molar-refractivity contribution < 1.29 is 9.90 Å². The highest BCUT2D eigenvalue weighted by Crippen LogP contribution is 2.66. The molecule has 3 nitrogen and oxygen atoms in total. The number of rotatable bonds is 2. The lowest BCUT2D eigenvalue weighted by molar-refractivity contribution is -0.114. The second-order valence-electron chi connectivity index (χ2n) is 13.7. The van der Waals surface area contributed by atoms with E-state index in [1.165, 1.54) is 35.2 Å². The van der Waals surface area contributed by atoms with Crippen molar-refractivity contribution in [3.63, 3.8) is 0 Å². The Morgan fingerprint density at radius 1 is 1.03 bits per heavy atom. The number of allylic oxidation sites excluding steroid dienone is 4. The molecule has 0 unspecified atom stereocenters. The van der Waals surface area contributed by atoms with Gasteiger partial charge in [0.25, 0.3) is 0 Å². The summed E-state index contributed by atoms with van der Waals surface area (Å²) in [6.45, 7) is 11.0. The first-order chi connectivity index (χ1) is 17.6. The second kappa shape index (κ2) is 8.88. The number of carbonyl (C=O) groups excluding carboxylic acids is 1. The van der Waals surface area contributed by atoms with Crippen LogP contribution >= 0.6 is 0 Å². The van der Waals surface area contributed by atoms with Crippen LogP contribution in [0.4, 0.5) is 5.69 Å². The lowest BCUT2D eigenvalue weighted by Gasteiger charge is -2.53. The van der Waals surface area contributed by atoms with E-state index in [0.717, 1.165) is 51.6 Å². The molecule has 196 valence electrons. The summed E-state index contributed by atoms with van der Waals surface area (Å²) in [6, 6.07) is 9.35. The quantitative estimate of drug-likeness (QED) is 0.449. The molecule has 0 amide bonds. The van der Waals surface area contributed by atoms with E-state index in [1.54, 1.807) is 5.57 Å². The number of hydrogen-bond donors (Lipinski definition) is 1. The molecule has 5 aliphatic rings. The average molecular weight is 498 g/mol. The van der Waals surface area contributed by atoms with Gasteiger partial charge in [-0.1, -0.05) is 36.5 Å². The summed E-state index contributed by atoms with van der Waals surface area (Å²) < 4.78 is 0. The molecular formula is C34H43NO2. The van der Waals surface area contributed by atoms with Crippen LogP contribution in [0.3, 0.4) is 0 Å². The van der Waals surface area contributed by atoms with Gasteiger partial charge in [-0.05, 0) is 119 Å². The van der Waals surface area contributed by atoms with Gasteiger partial charge >= 0.3 is 0 Å². The minimum absolute atomic E-state index is 0.129. The zero-order valence-corrected chi connectivity index (χ0v) is 23.2. The SMILES string of the molecule is CC(C)(C)C#C[C@]1(O)CC[C@H]2[C@@H]3CCC4=CC(=O)CCC4=C3[C@@H](c3ccc(N4CCCC4)cc3)C[C@@]21C. The number of ketones is 1. The highest BCUT2D eigenvalue weighted by atomic mass is 16.3. The zero-order valence-electron chi connectivity index (χ0n) is 23.2. The van der Waals surface area contributed by atoms with E-state index >= 15 is 0 Å². The molecule has 0 radical (unpaired) electrons. The fraction of sp³-hybridized carbons (Fsp3) is 0.618. The maximum atomic E-state index is 12.3. The van der Waals surface area contributed by atoms with E-state index in [4.69, 9.17) is 0 Å². The minimum Gasteiger partial charge on any atom is -0.377 e. The molecule has 2 saturated carbocycles. The maximum Gasteiger partial charge on any atom is 0.156 e. The number of aliphatic hydroxyl groups is 1. The van der Waals surface area contributed by atoms with Gasteiger partial charge in [-0.25, -0.2) is 0 Å². The van der Waals surface area contributed by atoms with Crippen molar-refractivity contribution in [2.24, 2.45) is 22.7 Å². The lowest BCUT2D eigenvalue weighted by Crippen LogP contribution is -2.51. The van der Waals surface area contributed by atoms with Crippen molar-refractivity contribution in [2.45, 2.75) is 97.0 Å².